The van der Waals surface area contributed by atoms with E-state index in [0.717, 1.165) is 0 Å². The highest BCUT2D eigenvalue weighted by molar-refractivity contribution is 7.14. The number of carbonyl (C=O) groups excluding carboxylic acids is 2. The van der Waals surface area contributed by atoms with Crippen LogP contribution in [-0.2, 0) is 9.59 Å². The Kier molecular flexibility index (Phi) is 4.59. The Balaban J connectivity index is 1.68. The molecule has 2 amide bonds. The molecular formula is C17H16N4O3S. The van der Waals surface area contributed by atoms with Gasteiger partial charge in [0, 0.05) is 5.69 Å². The highest BCUT2D eigenvalue weighted by atomic mass is 32.1. The van der Waals surface area contributed by atoms with Gasteiger partial charge in [-0.3, -0.25) is 9.59 Å². The molecule has 7 nitrogen and oxygen atoms in total. The minimum Gasteiger partial charge on any atom is -0.479 e. The monoisotopic (exact) mass is 356 g/mol. The summed E-state index contributed by atoms with van der Waals surface area (Å²) >= 11 is 1.30. The Labute approximate surface area is 148 Å². The number of fused-ring (bicyclic) bond motifs is 1. The Bertz CT molecular complexity index is 871. The Morgan fingerprint density at radius 3 is 3.00 bits per heavy atom. The molecule has 2 heterocycles. The van der Waals surface area contributed by atoms with E-state index in [1.807, 2.05) is 6.07 Å². The average Bonchev–Trinajstić information content (AvgIpc) is 3.03. The van der Waals surface area contributed by atoms with Crippen molar-refractivity contribution in [3.05, 3.63) is 35.2 Å². The van der Waals surface area contributed by atoms with Gasteiger partial charge in [0.1, 0.15) is 22.9 Å². The molecule has 3 rings (SSSR count). The van der Waals surface area contributed by atoms with Gasteiger partial charge in [0.15, 0.2) is 6.10 Å². The number of carbonyl (C=O) groups is 2. The van der Waals surface area contributed by atoms with Gasteiger partial charge in [-0.2, -0.15) is 5.26 Å². The Morgan fingerprint density at radius 1 is 1.44 bits per heavy atom. The van der Waals surface area contributed by atoms with E-state index in [1.165, 1.54) is 11.3 Å². The number of anilines is 3. The first kappa shape index (κ1) is 16.8. The van der Waals surface area contributed by atoms with Crippen LogP contribution < -0.4 is 20.7 Å². The fourth-order valence-electron chi connectivity index (χ4n) is 2.33. The molecule has 8 heteroatoms. The summed E-state index contributed by atoms with van der Waals surface area (Å²) in [5, 5.41) is 19.8. The lowest BCUT2D eigenvalue weighted by atomic mass is 10.2. The molecule has 0 saturated carbocycles. The summed E-state index contributed by atoms with van der Waals surface area (Å²) in [5.41, 5.74) is 1.67. The Morgan fingerprint density at radius 2 is 2.24 bits per heavy atom. The molecule has 0 fully saturated rings. The topological polar surface area (TPSA) is 103 Å². The van der Waals surface area contributed by atoms with E-state index in [-0.39, 0.29) is 11.8 Å². The van der Waals surface area contributed by atoms with Crippen LogP contribution in [0.1, 0.15) is 19.4 Å². The van der Waals surface area contributed by atoms with Gasteiger partial charge in [0.25, 0.3) is 5.91 Å². The molecule has 0 radical (unpaired) electrons. The van der Waals surface area contributed by atoms with Crippen LogP contribution in [0.5, 0.6) is 5.75 Å². The first-order chi connectivity index (χ1) is 12.0. The second kappa shape index (κ2) is 6.83. The largest absolute Gasteiger partial charge is 0.479 e. The molecule has 2 atom stereocenters. The van der Waals surface area contributed by atoms with Crippen molar-refractivity contribution in [2.75, 3.05) is 16.0 Å². The maximum atomic E-state index is 12.3. The van der Waals surface area contributed by atoms with Crippen molar-refractivity contribution in [3.8, 4) is 11.8 Å². The van der Waals surface area contributed by atoms with E-state index < -0.39 is 12.1 Å². The van der Waals surface area contributed by atoms with Gasteiger partial charge in [-0.15, -0.1) is 11.3 Å². The van der Waals surface area contributed by atoms with Crippen LogP contribution >= 0.6 is 11.3 Å². The maximum absolute atomic E-state index is 12.3. The fraction of sp³-hybridized carbons (Fsp3) is 0.235. The summed E-state index contributed by atoms with van der Waals surface area (Å²) in [6.07, 6.45) is -0.531. The number of nitrogens with zero attached hydrogens (tertiary/aromatic N) is 1. The van der Waals surface area contributed by atoms with Crippen molar-refractivity contribution < 1.29 is 14.3 Å². The minimum atomic E-state index is -0.536. The van der Waals surface area contributed by atoms with Crippen molar-refractivity contribution in [2.24, 2.45) is 0 Å². The lowest BCUT2D eigenvalue weighted by molar-refractivity contribution is -0.122. The van der Waals surface area contributed by atoms with Gasteiger partial charge in [-0.05, 0) is 43.5 Å². The van der Waals surface area contributed by atoms with E-state index >= 15 is 0 Å². The van der Waals surface area contributed by atoms with Crippen LogP contribution in [0.2, 0.25) is 0 Å². The molecule has 0 spiro atoms. The average molecular weight is 356 g/mol. The van der Waals surface area contributed by atoms with E-state index in [1.54, 1.807) is 43.5 Å². The highest BCUT2D eigenvalue weighted by Gasteiger charge is 2.24. The molecular weight excluding hydrogens is 340 g/mol. The van der Waals surface area contributed by atoms with Gasteiger partial charge in [0.2, 0.25) is 5.91 Å². The number of ether oxygens (including phenoxy) is 1. The van der Waals surface area contributed by atoms with Gasteiger partial charge in [-0.1, -0.05) is 0 Å². The standard InChI is InChI=1S/C17H16N4O3S/c1-9(15(22)21-17-11(8-18)5-6-25-17)19-12-3-4-14-13(7-12)20-16(23)10(2)24-14/h3-7,9-10,19H,1-2H3,(H,20,23)(H,21,22)/t9-,10-/m1/s1. The molecule has 0 bridgehead atoms. The quantitative estimate of drug-likeness (QED) is 0.781. The van der Waals surface area contributed by atoms with Crippen LogP contribution in [0.3, 0.4) is 0 Å². The van der Waals surface area contributed by atoms with Crippen molar-refractivity contribution in [1.29, 1.82) is 5.26 Å². The van der Waals surface area contributed by atoms with Crippen LogP contribution in [0, 0.1) is 11.3 Å². The summed E-state index contributed by atoms with van der Waals surface area (Å²) < 4.78 is 5.50. The van der Waals surface area contributed by atoms with E-state index in [2.05, 4.69) is 16.0 Å². The number of hydrogen-bond acceptors (Lipinski definition) is 6. The van der Waals surface area contributed by atoms with Crippen molar-refractivity contribution in [1.82, 2.24) is 0 Å². The third kappa shape index (κ3) is 3.56. The third-order valence-electron chi connectivity index (χ3n) is 3.71. The number of rotatable bonds is 4. The van der Waals surface area contributed by atoms with Gasteiger partial charge in [0.05, 0.1) is 11.3 Å². The van der Waals surface area contributed by atoms with E-state index in [0.29, 0.717) is 27.7 Å². The van der Waals surface area contributed by atoms with Crippen LogP contribution in [0.15, 0.2) is 29.6 Å². The molecule has 1 aliphatic heterocycles. The molecule has 128 valence electrons. The summed E-state index contributed by atoms with van der Waals surface area (Å²) in [7, 11) is 0. The Hall–Kier alpha value is -3.05. The second-order valence-corrected chi connectivity index (χ2v) is 6.51. The van der Waals surface area contributed by atoms with Crippen molar-refractivity contribution >= 4 is 39.5 Å². The third-order valence-corrected chi connectivity index (χ3v) is 4.54. The molecule has 25 heavy (non-hydrogen) atoms. The molecule has 2 aromatic rings. The molecule has 0 aliphatic carbocycles. The molecule has 0 saturated heterocycles. The normalized spacial score (nSPS) is 16.7. The smallest absolute Gasteiger partial charge is 0.265 e. The number of nitrogens with one attached hydrogen (secondary N) is 3. The summed E-state index contributed by atoms with van der Waals surface area (Å²) in [6.45, 7) is 3.39. The first-order valence-electron chi connectivity index (χ1n) is 7.64. The number of thiophene rings is 1. The van der Waals surface area contributed by atoms with Crippen LogP contribution in [0.25, 0.3) is 0 Å². The predicted octanol–water partition coefficient (Wildman–Crippen LogP) is 2.78. The van der Waals surface area contributed by atoms with Crippen molar-refractivity contribution in [2.45, 2.75) is 26.0 Å². The molecule has 3 N–H and O–H groups in total. The molecule has 1 aliphatic rings. The minimum absolute atomic E-state index is 0.211. The molecule has 1 aromatic carbocycles. The van der Waals surface area contributed by atoms with Gasteiger partial charge >= 0.3 is 0 Å². The molecule has 1 aromatic heterocycles. The van der Waals surface area contributed by atoms with Crippen LogP contribution in [-0.4, -0.2) is 24.0 Å². The van der Waals surface area contributed by atoms with Crippen LogP contribution in [0.4, 0.5) is 16.4 Å². The van der Waals surface area contributed by atoms with E-state index in [9.17, 15) is 9.59 Å². The number of hydrogen-bond donors (Lipinski definition) is 3. The zero-order chi connectivity index (χ0) is 18.0. The number of amides is 2. The maximum Gasteiger partial charge on any atom is 0.265 e. The second-order valence-electron chi connectivity index (χ2n) is 5.59. The van der Waals surface area contributed by atoms with Gasteiger partial charge in [-0.25, -0.2) is 0 Å². The van der Waals surface area contributed by atoms with Crippen molar-refractivity contribution in [3.63, 3.8) is 0 Å². The van der Waals surface area contributed by atoms with Gasteiger partial charge < -0.3 is 20.7 Å². The highest BCUT2D eigenvalue weighted by Crippen LogP contribution is 2.32. The summed E-state index contributed by atoms with van der Waals surface area (Å²) in [4.78, 5) is 24.0. The number of benzene rings is 1. The SMILES string of the molecule is C[C@@H](Nc1ccc2c(c1)NC(=O)[C@@H](C)O2)C(=O)Nc1sccc1C#N. The fourth-order valence-corrected chi connectivity index (χ4v) is 3.07. The lowest BCUT2D eigenvalue weighted by Gasteiger charge is -2.24. The van der Waals surface area contributed by atoms with E-state index in [4.69, 9.17) is 10.00 Å². The first-order valence-corrected chi connectivity index (χ1v) is 8.52. The number of nitriles is 1. The summed E-state index contributed by atoms with van der Waals surface area (Å²) in [6, 6.07) is 8.39. The predicted molar refractivity (Wildman–Crippen MR) is 95.9 cm³/mol. The lowest BCUT2D eigenvalue weighted by Crippen LogP contribution is -2.34. The zero-order valence-corrected chi connectivity index (χ0v) is 14.4. The zero-order valence-electron chi connectivity index (χ0n) is 13.6. The summed E-state index contributed by atoms with van der Waals surface area (Å²) in [5.74, 6) is 0.120. The molecule has 0 unspecified atom stereocenters.